The molecule has 3 rings (SSSR count). The van der Waals surface area contributed by atoms with E-state index in [1.807, 2.05) is 36.4 Å². The molecule has 1 fully saturated rings. The van der Waals surface area contributed by atoms with Crippen molar-refractivity contribution in [2.45, 2.75) is 37.1 Å². The van der Waals surface area contributed by atoms with Crippen LogP contribution in [0, 0.1) is 0 Å². The van der Waals surface area contributed by atoms with E-state index < -0.39 is 37.3 Å². The van der Waals surface area contributed by atoms with Gasteiger partial charge in [0.25, 0.3) is 0 Å². The van der Waals surface area contributed by atoms with Gasteiger partial charge in [-0.25, -0.2) is 0 Å². The van der Waals surface area contributed by atoms with Crippen LogP contribution in [0.4, 0.5) is 0 Å². The van der Waals surface area contributed by atoms with Crippen molar-refractivity contribution in [1.82, 2.24) is 0 Å². The Morgan fingerprint density at radius 3 is 2.48 bits per heavy atom. The maximum Gasteiger partial charge on any atom is 0.229 e. The fourth-order valence-electron chi connectivity index (χ4n) is 3.06. The molecule has 27 heavy (non-hydrogen) atoms. The Kier molecular flexibility index (Phi) is 6.30. The Bertz CT molecular complexity index is 749. The van der Waals surface area contributed by atoms with Crippen LogP contribution < -0.4 is 9.47 Å². The van der Waals surface area contributed by atoms with Crippen LogP contribution in [0.5, 0.6) is 11.5 Å². The molecule has 1 aliphatic rings. The van der Waals surface area contributed by atoms with Crippen molar-refractivity contribution in [2.75, 3.05) is 13.7 Å². The molecule has 146 valence electrons. The molecule has 5 atom stereocenters. The van der Waals surface area contributed by atoms with Crippen molar-refractivity contribution >= 4 is 0 Å². The molecule has 1 heterocycles. The van der Waals surface area contributed by atoms with Crippen LogP contribution in [-0.2, 0) is 11.2 Å². The van der Waals surface area contributed by atoms with E-state index in [1.54, 1.807) is 19.2 Å². The van der Waals surface area contributed by atoms with Crippen molar-refractivity contribution in [3.05, 3.63) is 59.7 Å². The number of ether oxygens (including phenoxy) is 3. The van der Waals surface area contributed by atoms with E-state index >= 15 is 0 Å². The number of hydrogen-bond acceptors (Lipinski definition) is 7. The third-order valence-electron chi connectivity index (χ3n) is 4.59. The molecule has 2 aromatic carbocycles. The summed E-state index contributed by atoms with van der Waals surface area (Å²) >= 11 is 0. The highest BCUT2D eigenvalue weighted by atomic mass is 16.7. The Hall–Kier alpha value is -2.16. The molecule has 0 spiro atoms. The zero-order valence-electron chi connectivity index (χ0n) is 14.9. The average Bonchev–Trinajstić information content (AvgIpc) is 2.70. The van der Waals surface area contributed by atoms with Crippen LogP contribution in [0.25, 0.3) is 0 Å². The molecule has 2 aromatic rings. The molecule has 7 heteroatoms. The normalized spacial score (nSPS) is 28.0. The first-order valence-corrected chi connectivity index (χ1v) is 8.71. The molecular weight excluding hydrogens is 352 g/mol. The first kappa shape index (κ1) is 19.6. The number of para-hydroxylation sites is 1. The van der Waals surface area contributed by atoms with E-state index in [0.717, 1.165) is 16.9 Å². The SMILES string of the molecule is COc1cccc(Cc2ccccc2O[C@@H]2O[C@H](CO)[C@@H](O)[C@H](O)[C@H]2O)c1. The number of hydrogen-bond donors (Lipinski definition) is 4. The lowest BCUT2D eigenvalue weighted by Gasteiger charge is -2.39. The van der Waals surface area contributed by atoms with Crippen LogP contribution in [0.2, 0.25) is 0 Å². The second kappa shape index (κ2) is 8.69. The van der Waals surface area contributed by atoms with Gasteiger partial charge in [0.15, 0.2) is 0 Å². The summed E-state index contributed by atoms with van der Waals surface area (Å²) in [6.45, 7) is -0.504. The molecule has 1 saturated heterocycles. The van der Waals surface area contributed by atoms with Gasteiger partial charge in [0.1, 0.15) is 35.9 Å². The van der Waals surface area contributed by atoms with Crippen LogP contribution in [0.3, 0.4) is 0 Å². The van der Waals surface area contributed by atoms with Gasteiger partial charge in [0.05, 0.1) is 13.7 Å². The quantitative estimate of drug-likeness (QED) is 0.580. The molecule has 0 bridgehead atoms. The second-order valence-electron chi connectivity index (χ2n) is 6.45. The lowest BCUT2D eigenvalue weighted by Crippen LogP contribution is -2.60. The molecule has 1 aliphatic heterocycles. The number of aliphatic hydroxyl groups is 4. The van der Waals surface area contributed by atoms with Crippen molar-refractivity contribution < 1.29 is 34.6 Å². The summed E-state index contributed by atoms with van der Waals surface area (Å²) in [5.41, 5.74) is 1.86. The van der Waals surface area contributed by atoms with Gasteiger partial charge >= 0.3 is 0 Å². The molecule has 7 nitrogen and oxygen atoms in total. The molecule has 0 aliphatic carbocycles. The lowest BCUT2D eigenvalue weighted by atomic mass is 9.99. The summed E-state index contributed by atoms with van der Waals surface area (Å²) in [5, 5.41) is 39.3. The summed E-state index contributed by atoms with van der Waals surface area (Å²) in [4.78, 5) is 0. The Morgan fingerprint density at radius 2 is 1.74 bits per heavy atom. The molecule has 0 saturated carbocycles. The van der Waals surface area contributed by atoms with E-state index in [0.29, 0.717) is 12.2 Å². The minimum absolute atomic E-state index is 0.477. The van der Waals surface area contributed by atoms with Gasteiger partial charge < -0.3 is 34.6 Å². The van der Waals surface area contributed by atoms with Crippen LogP contribution in [-0.4, -0.2) is 64.8 Å². The summed E-state index contributed by atoms with van der Waals surface area (Å²) in [6, 6.07) is 14.9. The van der Waals surface area contributed by atoms with Crippen molar-refractivity contribution in [3.8, 4) is 11.5 Å². The maximum atomic E-state index is 10.2. The van der Waals surface area contributed by atoms with Crippen LogP contribution in [0.15, 0.2) is 48.5 Å². The number of benzene rings is 2. The fraction of sp³-hybridized carbons (Fsp3) is 0.400. The summed E-state index contributed by atoms with van der Waals surface area (Å²) < 4.78 is 16.5. The van der Waals surface area contributed by atoms with Gasteiger partial charge in [0, 0.05) is 6.42 Å². The smallest absolute Gasteiger partial charge is 0.229 e. The van der Waals surface area contributed by atoms with Gasteiger partial charge in [-0.3, -0.25) is 0 Å². The number of methoxy groups -OCH3 is 1. The first-order valence-electron chi connectivity index (χ1n) is 8.71. The Balaban J connectivity index is 1.79. The highest BCUT2D eigenvalue weighted by Gasteiger charge is 2.44. The topological polar surface area (TPSA) is 109 Å². The van der Waals surface area contributed by atoms with Crippen molar-refractivity contribution in [3.63, 3.8) is 0 Å². The van der Waals surface area contributed by atoms with E-state index in [-0.39, 0.29) is 0 Å². The van der Waals surface area contributed by atoms with E-state index in [4.69, 9.17) is 14.2 Å². The van der Waals surface area contributed by atoms with Gasteiger partial charge in [-0.2, -0.15) is 0 Å². The standard InChI is InChI=1S/C20H24O7/c1-25-14-7-4-5-12(10-14)9-13-6-2-3-8-15(13)26-20-19(24)18(23)17(22)16(11-21)27-20/h2-8,10,16-24H,9,11H2,1H3/t16-,17-,18+,19-,20-/m1/s1. The lowest BCUT2D eigenvalue weighted by molar-refractivity contribution is -0.277. The minimum atomic E-state index is -1.48. The molecule has 4 N–H and O–H groups in total. The number of rotatable bonds is 6. The first-order chi connectivity index (χ1) is 13.0. The Morgan fingerprint density at radius 1 is 0.963 bits per heavy atom. The number of aliphatic hydroxyl groups excluding tert-OH is 4. The summed E-state index contributed by atoms with van der Waals surface area (Å²) in [5.74, 6) is 1.23. The van der Waals surface area contributed by atoms with Crippen molar-refractivity contribution in [1.29, 1.82) is 0 Å². The Labute approximate surface area is 157 Å². The van der Waals surface area contributed by atoms with E-state index in [2.05, 4.69) is 0 Å². The fourth-order valence-corrected chi connectivity index (χ4v) is 3.06. The highest BCUT2D eigenvalue weighted by Crippen LogP contribution is 2.28. The van der Waals surface area contributed by atoms with E-state index in [1.165, 1.54) is 0 Å². The van der Waals surface area contributed by atoms with E-state index in [9.17, 15) is 20.4 Å². The second-order valence-corrected chi connectivity index (χ2v) is 6.45. The molecule has 0 aromatic heterocycles. The third-order valence-corrected chi connectivity index (χ3v) is 4.59. The zero-order chi connectivity index (χ0) is 19.4. The van der Waals surface area contributed by atoms with Gasteiger partial charge in [0.2, 0.25) is 6.29 Å². The summed E-state index contributed by atoms with van der Waals surface area (Å²) in [6.07, 6.45) is -6.02. The van der Waals surface area contributed by atoms with Gasteiger partial charge in [-0.15, -0.1) is 0 Å². The largest absolute Gasteiger partial charge is 0.497 e. The maximum absolute atomic E-state index is 10.2. The third kappa shape index (κ3) is 4.40. The average molecular weight is 376 g/mol. The molecular formula is C20H24O7. The monoisotopic (exact) mass is 376 g/mol. The van der Waals surface area contributed by atoms with Gasteiger partial charge in [-0.05, 0) is 29.3 Å². The molecule has 0 radical (unpaired) electrons. The summed E-state index contributed by atoms with van der Waals surface area (Å²) in [7, 11) is 1.61. The molecule has 0 unspecified atom stereocenters. The van der Waals surface area contributed by atoms with Gasteiger partial charge in [-0.1, -0.05) is 30.3 Å². The minimum Gasteiger partial charge on any atom is -0.497 e. The molecule has 0 amide bonds. The van der Waals surface area contributed by atoms with Crippen molar-refractivity contribution in [2.24, 2.45) is 0 Å². The zero-order valence-corrected chi connectivity index (χ0v) is 14.9. The van der Waals surface area contributed by atoms with Crippen LogP contribution in [0.1, 0.15) is 11.1 Å². The predicted molar refractivity (Wildman–Crippen MR) is 96.6 cm³/mol. The predicted octanol–water partition coefficient (Wildman–Crippen LogP) is 0.465. The van der Waals surface area contributed by atoms with Crippen LogP contribution >= 0.6 is 0 Å². The highest BCUT2D eigenvalue weighted by molar-refractivity contribution is 5.39.